The molecule has 0 saturated heterocycles. The molecule has 20 aromatic carbocycles. The van der Waals surface area contributed by atoms with Gasteiger partial charge in [-0.15, -0.1) is 0 Å². The zero-order chi connectivity index (χ0) is 77.5. The molecule has 4 nitrogen and oxygen atoms in total. The highest BCUT2D eigenvalue weighted by molar-refractivity contribution is 7.02. The molecule has 0 atom stereocenters. The molecule has 0 saturated carbocycles. The van der Waals surface area contributed by atoms with Crippen LogP contribution in [-0.4, -0.2) is 13.4 Å². The van der Waals surface area contributed by atoms with Crippen LogP contribution in [0.2, 0.25) is 0 Å². The number of fused-ring (bicyclic) bond motifs is 8. The van der Waals surface area contributed by atoms with Crippen LogP contribution in [0.4, 0.5) is 68.2 Å². The molecule has 0 bridgehead atoms. The Labute approximate surface area is 687 Å². The van der Waals surface area contributed by atoms with E-state index in [0.29, 0.717) is 0 Å². The van der Waals surface area contributed by atoms with Gasteiger partial charge in [0, 0.05) is 68.2 Å². The fourth-order valence-corrected chi connectivity index (χ4v) is 20.6. The van der Waals surface area contributed by atoms with E-state index >= 15 is 0 Å². The van der Waals surface area contributed by atoms with Crippen molar-refractivity contribution in [1.82, 2.24) is 0 Å². The lowest BCUT2D eigenvalue weighted by molar-refractivity contribution is 1.25. The molecule has 0 aliphatic carbocycles. The number of hydrogen-bond acceptors (Lipinski definition) is 4. The highest BCUT2D eigenvalue weighted by atomic mass is 15.2. The summed E-state index contributed by atoms with van der Waals surface area (Å²) in [5.41, 5.74) is 39.6. The molecule has 0 fully saturated rings. The topological polar surface area (TPSA) is 13.0 Å². The molecule has 118 heavy (non-hydrogen) atoms. The van der Waals surface area contributed by atoms with Crippen molar-refractivity contribution in [2.75, 3.05) is 19.6 Å². The zero-order valence-electron chi connectivity index (χ0n) is 64.5. The minimum Gasteiger partial charge on any atom is -0.311 e. The molecular weight excluding hydrogens is 1420 g/mol. The van der Waals surface area contributed by atoms with E-state index in [0.717, 1.165) is 90.5 Å². The summed E-state index contributed by atoms with van der Waals surface area (Å²) in [6.07, 6.45) is 0. The molecule has 0 spiro atoms. The standard InChI is InChI=1S/C112H72B2N4/c1-11-37-73(38-12-1)85-57-35-58-86(74-39-13-2-14-40-74)105(85)89-69-91-95-65-83(115(77-45-19-5-20-46-77)78-47-21-6-22-48-78)67-103-111(95)114(98-62-32-34-64-102(98)117(103)81-53-27-9-28-54-81)100-72-94-90(106-87(75-41-15-3-16-42-75)59-36-60-88(106)76-43-17-4-18-44-76)70-92-96-66-84(116(79-49-23-7-24-50-79)80-51-25-8-26-52-80)68-104-112(96)113(99-71-93(89)109(107(91)100)110(94)108(92)99)97-61-31-33-63-101(97)118(104)82-55-29-10-30-56-82/h1-72H. The molecule has 0 amide bonds. The molecule has 6 heteroatoms. The SMILES string of the molecule is c1ccc(-c2cccc(-c3ccccc3)c2-c2cc3c4c(cc5c(-c6c(-c7ccccc7)cccc6-c6ccccc6)cc6c7c(cc2c4c57)B2c4ccccc4N(c4ccccc4)c4cc(N(c5ccccc5)c5ccccc5)cc-6c42)B2c4ccccc4N(c4ccccc4)c4cc(N(c5ccccc5)c5ccccc5)cc-3c42)cc1. The van der Waals surface area contributed by atoms with Crippen LogP contribution in [0.25, 0.3) is 121 Å². The second-order valence-corrected chi connectivity index (χ2v) is 31.6. The van der Waals surface area contributed by atoms with Crippen LogP contribution in [0.5, 0.6) is 0 Å². The molecule has 4 aliphatic rings. The normalized spacial score (nSPS) is 12.5. The second-order valence-electron chi connectivity index (χ2n) is 31.6. The number of benzene rings is 20. The number of nitrogens with zero attached hydrogens (tertiary/aromatic N) is 4. The highest BCUT2D eigenvalue weighted by Gasteiger charge is 2.47. The first-order valence-corrected chi connectivity index (χ1v) is 41.0. The van der Waals surface area contributed by atoms with Crippen LogP contribution in [0.15, 0.2) is 437 Å². The van der Waals surface area contributed by atoms with Gasteiger partial charge in [-0.2, -0.15) is 0 Å². The Hall–Kier alpha value is -15.2. The van der Waals surface area contributed by atoms with Gasteiger partial charge in [-0.3, -0.25) is 0 Å². The summed E-state index contributed by atoms with van der Waals surface area (Å²) < 4.78 is 0. The monoisotopic (exact) mass is 1490 g/mol. The van der Waals surface area contributed by atoms with Gasteiger partial charge in [-0.05, 0) is 265 Å². The molecule has 0 N–H and O–H groups in total. The fourth-order valence-electron chi connectivity index (χ4n) is 20.6. The first-order chi connectivity index (χ1) is 58.6. The van der Waals surface area contributed by atoms with Gasteiger partial charge in [0.1, 0.15) is 0 Å². The highest BCUT2D eigenvalue weighted by Crippen LogP contribution is 2.57. The molecule has 0 unspecified atom stereocenters. The van der Waals surface area contributed by atoms with Crippen molar-refractivity contribution in [3.8, 4) is 89.0 Å². The Kier molecular flexibility index (Phi) is 15.5. The maximum Gasteiger partial charge on any atom is 0.248 e. The Bertz CT molecular complexity index is 6710. The van der Waals surface area contributed by atoms with E-state index in [2.05, 4.69) is 456 Å². The van der Waals surface area contributed by atoms with Crippen LogP contribution in [0.3, 0.4) is 0 Å². The van der Waals surface area contributed by atoms with Gasteiger partial charge < -0.3 is 19.6 Å². The summed E-state index contributed by atoms with van der Waals surface area (Å²) in [5, 5.41) is 7.49. The van der Waals surface area contributed by atoms with Crippen LogP contribution < -0.4 is 52.4 Å². The summed E-state index contributed by atoms with van der Waals surface area (Å²) >= 11 is 0. The summed E-state index contributed by atoms with van der Waals surface area (Å²) in [6, 6.07) is 165. The fraction of sp³-hybridized carbons (Fsp3) is 0. The number of para-hydroxylation sites is 8. The number of rotatable bonds is 14. The van der Waals surface area contributed by atoms with Gasteiger partial charge in [0.05, 0.1) is 0 Å². The third kappa shape index (κ3) is 10.4. The molecule has 4 aliphatic heterocycles. The molecule has 0 aromatic heterocycles. The Morgan fingerprint density at radius 3 is 0.771 bits per heavy atom. The minimum absolute atomic E-state index is 0.238. The van der Waals surface area contributed by atoms with Crippen molar-refractivity contribution in [2.45, 2.75) is 0 Å². The number of hydrogen-bond donors (Lipinski definition) is 0. The largest absolute Gasteiger partial charge is 0.311 e. The Morgan fingerprint density at radius 1 is 0.178 bits per heavy atom. The molecular formula is C112H72B2N4. The molecule has 546 valence electrons. The predicted octanol–water partition coefficient (Wildman–Crippen LogP) is 26.1. The van der Waals surface area contributed by atoms with Crippen molar-refractivity contribution in [1.29, 1.82) is 0 Å². The second kappa shape index (κ2) is 27.2. The lowest BCUT2D eigenvalue weighted by Gasteiger charge is -2.43. The van der Waals surface area contributed by atoms with E-state index in [1.165, 1.54) is 132 Å². The van der Waals surface area contributed by atoms with Crippen LogP contribution in [-0.2, 0) is 0 Å². The van der Waals surface area contributed by atoms with E-state index in [9.17, 15) is 0 Å². The first-order valence-electron chi connectivity index (χ1n) is 41.0. The maximum absolute atomic E-state index is 2.73. The minimum atomic E-state index is -0.238. The van der Waals surface area contributed by atoms with E-state index in [-0.39, 0.29) is 13.4 Å². The van der Waals surface area contributed by atoms with E-state index in [4.69, 9.17) is 0 Å². The summed E-state index contributed by atoms with van der Waals surface area (Å²) in [6.45, 7) is -0.475. The molecule has 24 rings (SSSR count). The van der Waals surface area contributed by atoms with Crippen LogP contribution in [0.1, 0.15) is 0 Å². The van der Waals surface area contributed by atoms with Gasteiger partial charge in [-0.1, -0.05) is 326 Å². The molecule has 20 aromatic rings. The van der Waals surface area contributed by atoms with Gasteiger partial charge in [0.2, 0.25) is 13.4 Å². The van der Waals surface area contributed by atoms with Crippen molar-refractivity contribution in [2.24, 2.45) is 0 Å². The lowest BCUT2D eigenvalue weighted by Crippen LogP contribution is -2.60. The zero-order valence-corrected chi connectivity index (χ0v) is 64.5. The van der Waals surface area contributed by atoms with Gasteiger partial charge in [0.15, 0.2) is 0 Å². The Morgan fingerprint density at radius 2 is 0.458 bits per heavy atom. The quantitative estimate of drug-likeness (QED) is 0.0795. The van der Waals surface area contributed by atoms with Crippen molar-refractivity contribution >= 4 is 147 Å². The average molecular weight is 1500 g/mol. The average Bonchev–Trinajstić information content (AvgIpc) is 0.660. The van der Waals surface area contributed by atoms with E-state index in [1.807, 2.05) is 0 Å². The van der Waals surface area contributed by atoms with Gasteiger partial charge >= 0.3 is 0 Å². The third-order valence-electron chi connectivity index (χ3n) is 25.3. The predicted molar refractivity (Wildman–Crippen MR) is 502 cm³/mol. The van der Waals surface area contributed by atoms with Crippen molar-refractivity contribution in [3.05, 3.63) is 437 Å². The molecule has 0 radical (unpaired) electrons. The first kappa shape index (κ1) is 67.3. The van der Waals surface area contributed by atoms with Crippen LogP contribution >= 0.6 is 0 Å². The lowest BCUT2D eigenvalue weighted by atomic mass is 9.31. The summed E-state index contributed by atoms with van der Waals surface area (Å²) in [5.74, 6) is 0. The number of anilines is 12. The van der Waals surface area contributed by atoms with Gasteiger partial charge in [0.25, 0.3) is 0 Å². The van der Waals surface area contributed by atoms with E-state index < -0.39 is 0 Å². The summed E-state index contributed by atoms with van der Waals surface area (Å²) in [7, 11) is 0. The van der Waals surface area contributed by atoms with Crippen LogP contribution in [0, 0.1) is 0 Å². The van der Waals surface area contributed by atoms with E-state index in [1.54, 1.807) is 0 Å². The maximum atomic E-state index is 2.73. The van der Waals surface area contributed by atoms with Gasteiger partial charge in [-0.25, -0.2) is 0 Å². The Balaban J connectivity index is 0.949. The van der Waals surface area contributed by atoms with Crippen molar-refractivity contribution < 1.29 is 0 Å². The van der Waals surface area contributed by atoms with Crippen molar-refractivity contribution in [3.63, 3.8) is 0 Å². The molecule has 4 heterocycles. The summed E-state index contributed by atoms with van der Waals surface area (Å²) in [4.78, 5) is 10.1. The smallest absolute Gasteiger partial charge is 0.248 e. The third-order valence-corrected chi connectivity index (χ3v) is 25.3.